The van der Waals surface area contributed by atoms with Gasteiger partial charge in [0.25, 0.3) is 11.8 Å². The minimum absolute atomic E-state index is 0.124. The number of hydrogen-bond acceptors (Lipinski definition) is 5. The van der Waals surface area contributed by atoms with E-state index in [2.05, 4.69) is 10.6 Å². The number of ether oxygens (including phenoxy) is 1. The first kappa shape index (κ1) is 21.0. The quantitative estimate of drug-likeness (QED) is 0.679. The first-order chi connectivity index (χ1) is 14.0. The molecule has 2 amide bonds. The van der Waals surface area contributed by atoms with Gasteiger partial charge in [-0.3, -0.25) is 9.59 Å². The Hall–Kier alpha value is -2.67. The third kappa shape index (κ3) is 5.03. The Balaban J connectivity index is 1.90. The molecule has 2 N–H and O–H groups in total. The Morgan fingerprint density at radius 1 is 1.07 bits per heavy atom. The van der Waals surface area contributed by atoms with Crippen LogP contribution in [0.15, 0.2) is 30.3 Å². The predicted octanol–water partition coefficient (Wildman–Crippen LogP) is 4.55. The number of carbonyl (C=O) groups excluding carboxylic acids is 3. The molecule has 0 atom stereocenters. The number of amides is 2. The lowest BCUT2D eigenvalue weighted by Crippen LogP contribution is -2.36. The number of carbonyl (C=O) groups is 3. The Labute approximate surface area is 174 Å². The SMILES string of the molecule is CCOC(=O)c1sc(NC(=O)c2ccccc2)c(C(=O)NC2CCCCC2)c1C. The molecule has 0 bridgehead atoms. The molecular weight excluding hydrogens is 388 g/mol. The van der Waals surface area contributed by atoms with Crippen LogP contribution in [0.25, 0.3) is 0 Å². The predicted molar refractivity (Wildman–Crippen MR) is 114 cm³/mol. The van der Waals surface area contributed by atoms with Gasteiger partial charge in [-0.1, -0.05) is 37.5 Å². The lowest BCUT2D eigenvalue weighted by molar-refractivity contribution is 0.0531. The molecule has 6 nitrogen and oxygen atoms in total. The van der Waals surface area contributed by atoms with Gasteiger partial charge >= 0.3 is 5.97 Å². The van der Waals surface area contributed by atoms with Crippen molar-refractivity contribution in [1.29, 1.82) is 0 Å². The molecule has 154 valence electrons. The zero-order valence-electron chi connectivity index (χ0n) is 16.7. The van der Waals surface area contributed by atoms with Crippen LogP contribution in [0, 0.1) is 6.92 Å². The second-order valence-electron chi connectivity index (χ2n) is 7.11. The maximum atomic E-state index is 13.1. The summed E-state index contributed by atoms with van der Waals surface area (Å²) < 4.78 is 5.12. The van der Waals surface area contributed by atoms with Gasteiger partial charge in [-0.05, 0) is 44.4 Å². The van der Waals surface area contributed by atoms with Crippen LogP contribution in [-0.2, 0) is 4.74 Å². The molecule has 1 heterocycles. The van der Waals surface area contributed by atoms with Crippen LogP contribution < -0.4 is 10.6 Å². The first-order valence-electron chi connectivity index (χ1n) is 9.99. The van der Waals surface area contributed by atoms with Crippen LogP contribution in [-0.4, -0.2) is 30.4 Å². The van der Waals surface area contributed by atoms with E-state index in [0.717, 1.165) is 37.0 Å². The maximum Gasteiger partial charge on any atom is 0.348 e. The van der Waals surface area contributed by atoms with Gasteiger partial charge < -0.3 is 15.4 Å². The van der Waals surface area contributed by atoms with Crippen LogP contribution in [0.1, 0.15) is 75.0 Å². The van der Waals surface area contributed by atoms with E-state index < -0.39 is 5.97 Å². The Morgan fingerprint density at radius 2 is 1.76 bits per heavy atom. The fraction of sp³-hybridized carbons (Fsp3) is 0.409. The van der Waals surface area contributed by atoms with E-state index in [-0.39, 0.29) is 24.5 Å². The van der Waals surface area contributed by atoms with E-state index in [4.69, 9.17) is 4.74 Å². The summed E-state index contributed by atoms with van der Waals surface area (Å²) in [6.07, 6.45) is 5.28. The molecule has 3 rings (SSSR count). The molecule has 1 fully saturated rings. The van der Waals surface area contributed by atoms with E-state index in [1.54, 1.807) is 38.1 Å². The smallest absolute Gasteiger partial charge is 0.348 e. The number of hydrogen-bond donors (Lipinski definition) is 2. The highest BCUT2D eigenvalue weighted by Gasteiger charge is 2.28. The highest BCUT2D eigenvalue weighted by atomic mass is 32.1. The van der Waals surface area contributed by atoms with Crippen molar-refractivity contribution in [2.24, 2.45) is 0 Å². The van der Waals surface area contributed by atoms with Crippen LogP contribution in [0.2, 0.25) is 0 Å². The van der Waals surface area contributed by atoms with Crippen LogP contribution in [0.4, 0.5) is 5.00 Å². The summed E-state index contributed by atoms with van der Waals surface area (Å²) in [5.41, 5.74) is 1.35. The van der Waals surface area contributed by atoms with Crippen molar-refractivity contribution in [3.05, 3.63) is 51.9 Å². The molecule has 2 aromatic rings. The van der Waals surface area contributed by atoms with Crippen molar-refractivity contribution in [1.82, 2.24) is 5.32 Å². The third-order valence-corrected chi connectivity index (χ3v) is 6.23. The summed E-state index contributed by atoms with van der Waals surface area (Å²) in [4.78, 5) is 38.4. The Morgan fingerprint density at radius 3 is 2.41 bits per heavy atom. The number of esters is 1. The molecule has 29 heavy (non-hydrogen) atoms. The molecule has 1 aromatic heterocycles. The van der Waals surface area contributed by atoms with E-state index in [1.165, 1.54) is 6.42 Å². The minimum Gasteiger partial charge on any atom is -0.462 e. The molecule has 0 aliphatic heterocycles. The van der Waals surface area contributed by atoms with Crippen molar-refractivity contribution >= 4 is 34.1 Å². The number of rotatable bonds is 6. The summed E-state index contributed by atoms with van der Waals surface area (Å²) in [7, 11) is 0. The van der Waals surface area contributed by atoms with Gasteiger partial charge in [-0.2, -0.15) is 0 Å². The Kier molecular flexibility index (Phi) is 7.04. The van der Waals surface area contributed by atoms with E-state index in [9.17, 15) is 14.4 Å². The average molecular weight is 415 g/mol. The van der Waals surface area contributed by atoms with Crippen LogP contribution in [0.5, 0.6) is 0 Å². The normalized spacial score (nSPS) is 14.3. The lowest BCUT2D eigenvalue weighted by Gasteiger charge is -2.23. The second-order valence-corrected chi connectivity index (χ2v) is 8.13. The summed E-state index contributed by atoms with van der Waals surface area (Å²) in [6, 6.07) is 8.89. The van der Waals surface area contributed by atoms with Gasteiger partial charge in [0, 0.05) is 11.6 Å². The molecule has 0 radical (unpaired) electrons. The molecule has 0 unspecified atom stereocenters. The highest BCUT2D eigenvalue weighted by Crippen LogP contribution is 2.34. The lowest BCUT2D eigenvalue weighted by atomic mass is 9.95. The van der Waals surface area contributed by atoms with Crippen molar-refractivity contribution in [2.75, 3.05) is 11.9 Å². The molecule has 7 heteroatoms. The fourth-order valence-electron chi connectivity index (χ4n) is 3.54. The largest absolute Gasteiger partial charge is 0.462 e. The van der Waals surface area contributed by atoms with Crippen molar-refractivity contribution in [3.8, 4) is 0 Å². The van der Waals surface area contributed by atoms with Crippen molar-refractivity contribution < 1.29 is 19.1 Å². The van der Waals surface area contributed by atoms with Gasteiger partial charge in [0.15, 0.2) is 0 Å². The number of nitrogens with one attached hydrogen (secondary N) is 2. The molecule has 0 spiro atoms. The summed E-state index contributed by atoms with van der Waals surface area (Å²) in [5, 5.41) is 6.26. The molecule has 1 saturated carbocycles. The number of thiophene rings is 1. The fourth-order valence-corrected chi connectivity index (χ4v) is 4.63. The van der Waals surface area contributed by atoms with Gasteiger partial charge in [-0.15, -0.1) is 11.3 Å². The molecule has 1 aliphatic carbocycles. The minimum atomic E-state index is -0.484. The Bertz CT molecular complexity index is 886. The second kappa shape index (κ2) is 9.69. The van der Waals surface area contributed by atoms with Gasteiger partial charge in [0.1, 0.15) is 9.88 Å². The first-order valence-corrected chi connectivity index (χ1v) is 10.8. The standard InChI is InChI=1S/C22H26N2O4S/c1-3-28-22(27)18-14(2)17(20(26)23-16-12-8-5-9-13-16)21(29-18)24-19(25)15-10-6-4-7-11-15/h4,6-7,10-11,16H,3,5,8-9,12-13H2,1-2H3,(H,23,26)(H,24,25). The summed E-state index contributed by atoms with van der Waals surface area (Å²) >= 11 is 1.08. The summed E-state index contributed by atoms with van der Waals surface area (Å²) in [5.74, 6) is -1.07. The van der Waals surface area contributed by atoms with E-state index >= 15 is 0 Å². The van der Waals surface area contributed by atoms with Gasteiger partial charge in [0.2, 0.25) is 0 Å². The van der Waals surface area contributed by atoms with Crippen LogP contribution >= 0.6 is 11.3 Å². The van der Waals surface area contributed by atoms with E-state index in [0.29, 0.717) is 26.6 Å². The molecule has 0 saturated heterocycles. The van der Waals surface area contributed by atoms with Crippen molar-refractivity contribution in [2.45, 2.75) is 52.0 Å². The van der Waals surface area contributed by atoms with Crippen molar-refractivity contribution in [3.63, 3.8) is 0 Å². The zero-order chi connectivity index (χ0) is 20.8. The molecule has 1 aliphatic rings. The van der Waals surface area contributed by atoms with Gasteiger partial charge in [0.05, 0.1) is 12.2 Å². The average Bonchev–Trinajstić information content (AvgIpc) is 3.05. The molecular formula is C22H26N2O4S. The van der Waals surface area contributed by atoms with Crippen LogP contribution in [0.3, 0.4) is 0 Å². The maximum absolute atomic E-state index is 13.1. The van der Waals surface area contributed by atoms with E-state index in [1.807, 2.05) is 6.07 Å². The topological polar surface area (TPSA) is 84.5 Å². The number of benzene rings is 1. The number of anilines is 1. The third-order valence-electron chi connectivity index (χ3n) is 5.04. The van der Waals surface area contributed by atoms with Gasteiger partial charge in [-0.25, -0.2) is 4.79 Å². The summed E-state index contributed by atoms with van der Waals surface area (Å²) in [6.45, 7) is 3.69. The molecule has 1 aromatic carbocycles. The monoisotopic (exact) mass is 414 g/mol. The zero-order valence-corrected chi connectivity index (χ0v) is 17.6. The highest BCUT2D eigenvalue weighted by molar-refractivity contribution is 7.18.